The molecule has 1 aliphatic rings. The molecule has 0 saturated carbocycles. The van der Waals surface area contributed by atoms with Crippen molar-refractivity contribution in [1.82, 2.24) is 4.31 Å². The molecule has 1 N–H and O–H groups in total. The van der Waals surface area contributed by atoms with Crippen LogP contribution < -0.4 is 4.90 Å². The van der Waals surface area contributed by atoms with Crippen molar-refractivity contribution in [1.29, 1.82) is 0 Å². The van der Waals surface area contributed by atoms with E-state index in [1.807, 2.05) is 0 Å². The van der Waals surface area contributed by atoms with Crippen LogP contribution in [0.2, 0.25) is 0 Å². The van der Waals surface area contributed by atoms with Crippen molar-refractivity contribution in [3.63, 3.8) is 0 Å². The molecule has 0 aliphatic carbocycles. The second-order valence-electron chi connectivity index (χ2n) is 6.00. The van der Waals surface area contributed by atoms with E-state index >= 15 is 0 Å². The monoisotopic (exact) mass is 371 g/mol. The van der Waals surface area contributed by atoms with Gasteiger partial charge in [0.15, 0.2) is 11.6 Å². The third kappa shape index (κ3) is 3.86. The maximum absolute atomic E-state index is 13.7. The molecule has 0 amide bonds. The number of piperazine rings is 1. The number of nitrogens with zero attached hydrogens (tertiary/aromatic N) is 1. The maximum Gasteiger partial charge on any atom is 0.243 e. The lowest BCUT2D eigenvalue weighted by atomic mass is 10.2. The fraction of sp³-hybridized carbons (Fsp3) is 0.294. The van der Waals surface area contributed by atoms with Crippen LogP contribution in [0.25, 0.3) is 0 Å². The van der Waals surface area contributed by atoms with Crippen LogP contribution in [0.1, 0.15) is 5.56 Å². The summed E-state index contributed by atoms with van der Waals surface area (Å²) in [4.78, 5) is 0.811. The molecule has 0 atom stereocenters. The highest BCUT2D eigenvalue weighted by Gasteiger charge is 2.31. The molecule has 8 heteroatoms. The van der Waals surface area contributed by atoms with Crippen molar-refractivity contribution < 1.29 is 26.5 Å². The Labute approximate surface area is 144 Å². The Hall–Kier alpha value is -1.90. The molecular formula is C17H18F3N2O2S+. The largest absolute Gasteiger partial charge is 0.329 e. The van der Waals surface area contributed by atoms with Gasteiger partial charge in [0.2, 0.25) is 10.0 Å². The highest BCUT2D eigenvalue weighted by molar-refractivity contribution is 7.89. The molecule has 2 aromatic carbocycles. The van der Waals surface area contributed by atoms with Gasteiger partial charge in [-0.15, -0.1) is 0 Å². The first-order valence-electron chi connectivity index (χ1n) is 7.90. The zero-order valence-electron chi connectivity index (χ0n) is 13.4. The summed E-state index contributed by atoms with van der Waals surface area (Å²) in [5.74, 6) is -2.55. The number of benzene rings is 2. The number of hydrogen-bond donors (Lipinski definition) is 1. The van der Waals surface area contributed by atoms with E-state index in [0.717, 1.165) is 17.0 Å². The van der Waals surface area contributed by atoms with E-state index in [-0.39, 0.29) is 23.8 Å². The molecule has 4 nitrogen and oxygen atoms in total. The molecule has 1 saturated heterocycles. The highest BCUT2D eigenvalue weighted by atomic mass is 32.2. The number of sulfonamides is 1. The van der Waals surface area contributed by atoms with Crippen LogP contribution in [-0.4, -0.2) is 38.9 Å². The average molecular weight is 371 g/mol. The second kappa shape index (κ2) is 7.15. The van der Waals surface area contributed by atoms with Gasteiger partial charge < -0.3 is 4.90 Å². The van der Waals surface area contributed by atoms with E-state index in [1.54, 1.807) is 18.2 Å². The van der Waals surface area contributed by atoms with Gasteiger partial charge in [0.25, 0.3) is 0 Å². The quantitative estimate of drug-likeness (QED) is 0.878. The zero-order valence-corrected chi connectivity index (χ0v) is 14.2. The zero-order chi connectivity index (χ0) is 18.0. The number of nitrogens with one attached hydrogen (secondary N) is 1. The molecule has 25 heavy (non-hydrogen) atoms. The van der Waals surface area contributed by atoms with E-state index in [1.165, 1.54) is 10.4 Å². The average Bonchev–Trinajstić information content (AvgIpc) is 2.60. The van der Waals surface area contributed by atoms with Crippen LogP contribution in [0.5, 0.6) is 0 Å². The molecule has 0 aromatic heterocycles. The lowest BCUT2D eigenvalue weighted by Gasteiger charge is -2.31. The van der Waals surface area contributed by atoms with Crippen LogP contribution in [0.4, 0.5) is 13.2 Å². The normalized spacial score (nSPS) is 16.9. The minimum atomic E-state index is -3.87. The first-order chi connectivity index (χ1) is 11.9. The van der Waals surface area contributed by atoms with E-state index < -0.39 is 21.7 Å². The first-order valence-corrected chi connectivity index (χ1v) is 9.34. The number of quaternary nitrogens is 1. The smallest absolute Gasteiger partial charge is 0.243 e. The van der Waals surface area contributed by atoms with Crippen LogP contribution in [0.3, 0.4) is 0 Å². The topological polar surface area (TPSA) is 41.8 Å². The molecule has 3 rings (SSSR count). The highest BCUT2D eigenvalue weighted by Crippen LogP contribution is 2.18. The van der Waals surface area contributed by atoms with Crippen molar-refractivity contribution in [3.05, 3.63) is 65.5 Å². The molecule has 0 spiro atoms. The molecule has 2 aromatic rings. The summed E-state index contributed by atoms with van der Waals surface area (Å²) in [6.45, 7) is 1.98. The van der Waals surface area contributed by atoms with Crippen LogP contribution >= 0.6 is 0 Å². The summed E-state index contributed by atoms with van der Waals surface area (Å²) >= 11 is 0. The summed E-state index contributed by atoms with van der Waals surface area (Å²) in [6.07, 6.45) is 0. The van der Waals surface area contributed by atoms with Crippen LogP contribution in [-0.2, 0) is 16.6 Å². The lowest BCUT2D eigenvalue weighted by Crippen LogP contribution is -3.13. The molecule has 1 aliphatic heterocycles. The maximum atomic E-state index is 13.7. The SMILES string of the molecule is O=S(=O)(c1ccc(F)c(F)c1)N1CC[NH+](Cc2ccccc2F)CC1. The Bertz CT molecular complexity index is 866. The Balaban J connectivity index is 1.67. The van der Waals surface area contributed by atoms with Gasteiger partial charge in [0.05, 0.1) is 31.1 Å². The minimum Gasteiger partial charge on any atom is -0.329 e. The van der Waals surface area contributed by atoms with Gasteiger partial charge in [-0.05, 0) is 24.3 Å². The van der Waals surface area contributed by atoms with Crippen LogP contribution in [0.15, 0.2) is 47.4 Å². The third-order valence-corrected chi connectivity index (χ3v) is 6.25. The summed E-state index contributed by atoms with van der Waals surface area (Å²) in [7, 11) is -3.87. The van der Waals surface area contributed by atoms with Crippen molar-refractivity contribution in [2.45, 2.75) is 11.4 Å². The Morgan fingerprint density at radius 1 is 0.920 bits per heavy atom. The standard InChI is InChI=1S/C17H17F3N2O2S/c18-15-4-2-1-3-13(15)12-21-7-9-22(10-8-21)25(23,24)14-5-6-16(19)17(20)11-14/h1-6,11H,7-10,12H2/p+1. The van der Waals surface area contributed by atoms with Gasteiger partial charge in [0.1, 0.15) is 12.4 Å². The second-order valence-corrected chi connectivity index (χ2v) is 7.94. The molecule has 0 bridgehead atoms. The fourth-order valence-corrected chi connectivity index (χ4v) is 4.37. The fourth-order valence-electron chi connectivity index (χ4n) is 2.92. The lowest BCUT2D eigenvalue weighted by molar-refractivity contribution is -0.917. The number of halogens is 3. The van der Waals surface area contributed by atoms with Gasteiger partial charge in [-0.3, -0.25) is 0 Å². The molecule has 1 heterocycles. The van der Waals surface area contributed by atoms with Crippen LogP contribution in [0, 0.1) is 17.5 Å². The Morgan fingerprint density at radius 2 is 1.60 bits per heavy atom. The van der Waals surface area contributed by atoms with E-state index in [0.29, 0.717) is 31.3 Å². The summed E-state index contributed by atoms with van der Waals surface area (Å²) < 4.78 is 66.4. The molecule has 1 fully saturated rings. The van der Waals surface area contributed by atoms with Crippen molar-refractivity contribution >= 4 is 10.0 Å². The Morgan fingerprint density at radius 3 is 2.24 bits per heavy atom. The van der Waals surface area contributed by atoms with Gasteiger partial charge in [-0.1, -0.05) is 18.2 Å². The van der Waals surface area contributed by atoms with E-state index in [4.69, 9.17) is 0 Å². The summed E-state index contributed by atoms with van der Waals surface area (Å²) in [5, 5.41) is 0. The molecule has 0 unspecified atom stereocenters. The Kier molecular flexibility index (Phi) is 5.12. The van der Waals surface area contributed by atoms with E-state index in [9.17, 15) is 21.6 Å². The third-order valence-electron chi connectivity index (χ3n) is 4.36. The number of hydrogen-bond acceptors (Lipinski definition) is 2. The van der Waals surface area contributed by atoms with Gasteiger partial charge in [-0.25, -0.2) is 21.6 Å². The predicted molar refractivity (Wildman–Crippen MR) is 85.9 cm³/mol. The van der Waals surface area contributed by atoms with Gasteiger partial charge in [-0.2, -0.15) is 4.31 Å². The molecule has 0 radical (unpaired) electrons. The van der Waals surface area contributed by atoms with Crippen molar-refractivity contribution in [2.75, 3.05) is 26.2 Å². The molecule has 134 valence electrons. The summed E-state index contributed by atoms with van der Waals surface area (Å²) in [5.41, 5.74) is 0.592. The van der Waals surface area contributed by atoms with Crippen molar-refractivity contribution in [2.24, 2.45) is 0 Å². The first kappa shape index (κ1) is 17.9. The number of rotatable bonds is 4. The van der Waals surface area contributed by atoms with Gasteiger partial charge in [0, 0.05) is 5.56 Å². The van der Waals surface area contributed by atoms with E-state index in [2.05, 4.69) is 0 Å². The summed E-state index contributed by atoms with van der Waals surface area (Å²) in [6, 6.07) is 9.07. The molecular weight excluding hydrogens is 353 g/mol. The predicted octanol–water partition coefficient (Wildman–Crippen LogP) is 1.19. The van der Waals surface area contributed by atoms with Gasteiger partial charge >= 0.3 is 0 Å². The van der Waals surface area contributed by atoms with Crippen molar-refractivity contribution in [3.8, 4) is 0 Å². The minimum absolute atomic E-state index is 0.241.